The quantitative estimate of drug-likeness (QED) is 0.157. The van der Waals surface area contributed by atoms with Gasteiger partial charge in [0, 0.05) is 11.3 Å². The zero-order valence-corrected chi connectivity index (χ0v) is 22.8. The Morgan fingerprint density at radius 1 is 0.488 bits per heavy atom. The molecule has 0 aliphatic heterocycles. The summed E-state index contributed by atoms with van der Waals surface area (Å²) >= 11 is 0. The maximum atomic E-state index is 9.46. The minimum Gasteiger partial charge on any atom is -0.292 e. The summed E-state index contributed by atoms with van der Waals surface area (Å²) in [4.78, 5) is 5.06. The zero-order valence-electron chi connectivity index (χ0n) is 30.8. The largest absolute Gasteiger partial charge is 0.292 e. The molecular weight excluding hydrogens is 520 g/mol. The van der Waals surface area contributed by atoms with Crippen molar-refractivity contribution in [2.45, 2.75) is 0 Å². The molecule has 0 saturated carbocycles. The Hall–Kier alpha value is -5.73. The van der Waals surface area contributed by atoms with Gasteiger partial charge in [-0.3, -0.25) is 4.57 Å². The van der Waals surface area contributed by atoms with E-state index < -0.39 is 24.2 Å². The highest BCUT2D eigenvalue weighted by molar-refractivity contribution is 6.25. The van der Waals surface area contributed by atoms with Crippen LogP contribution >= 0.6 is 0 Å². The van der Waals surface area contributed by atoms with E-state index in [0.717, 1.165) is 32.7 Å². The lowest BCUT2D eigenvalue weighted by Gasteiger charge is -2.20. The second-order valence-corrected chi connectivity index (χ2v) is 10.5. The number of nitrogens with zero attached hydrogens (tertiary/aromatic N) is 2. The number of imidazole rings is 1. The Balaban J connectivity index is 1.63. The number of aromatic nitrogens is 2. The predicted molar refractivity (Wildman–Crippen MR) is 182 cm³/mol. The van der Waals surface area contributed by atoms with Gasteiger partial charge in [-0.25, -0.2) is 4.98 Å². The van der Waals surface area contributed by atoms with Crippen molar-refractivity contribution in [3.8, 4) is 28.2 Å². The lowest BCUT2D eigenvalue weighted by Crippen LogP contribution is -1.99. The highest BCUT2D eigenvalue weighted by Crippen LogP contribution is 2.47. The van der Waals surface area contributed by atoms with E-state index in [1.165, 1.54) is 0 Å². The van der Waals surface area contributed by atoms with E-state index in [9.17, 15) is 5.48 Å². The molecule has 1 heterocycles. The molecule has 1 aromatic heterocycles. The first-order valence-electron chi connectivity index (χ1n) is 18.1. The molecule has 0 saturated heterocycles. The minimum absolute atomic E-state index is 0.123. The van der Waals surface area contributed by atoms with Crippen molar-refractivity contribution in [1.29, 1.82) is 0 Å². The van der Waals surface area contributed by atoms with E-state index in [1.807, 2.05) is 114 Å². The summed E-state index contributed by atoms with van der Waals surface area (Å²) < 4.78 is 75.2. The molecule has 0 fully saturated rings. The molecule has 2 nitrogen and oxygen atoms in total. The first-order chi connectivity index (χ1) is 24.7. The average molecular weight is 555 g/mol. The summed E-state index contributed by atoms with van der Waals surface area (Å²) in [6.07, 6.45) is 0. The minimum atomic E-state index is -0.453. The monoisotopic (exact) mass is 554 g/mol. The first kappa shape index (κ1) is 17.3. The topological polar surface area (TPSA) is 17.8 Å². The third-order valence-corrected chi connectivity index (χ3v) is 8.21. The Morgan fingerprint density at radius 2 is 1.05 bits per heavy atom. The van der Waals surface area contributed by atoms with Crippen LogP contribution in [0, 0.1) is 0 Å². The fourth-order valence-electron chi connectivity index (χ4n) is 6.41. The van der Waals surface area contributed by atoms with E-state index in [-0.39, 0.29) is 51.3 Å². The summed E-state index contributed by atoms with van der Waals surface area (Å²) in [5.41, 5.74) is 3.18. The molecule has 9 rings (SSSR count). The van der Waals surface area contributed by atoms with E-state index in [2.05, 4.69) is 0 Å². The van der Waals surface area contributed by atoms with Gasteiger partial charge < -0.3 is 0 Å². The summed E-state index contributed by atoms with van der Waals surface area (Å²) in [5, 5.41) is 4.11. The fourth-order valence-corrected chi connectivity index (χ4v) is 6.41. The van der Waals surface area contributed by atoms with Gasteiger partial charge >= 0.3 is 0 Å². The molecule has 0 aliphatic rings. The number of fused-ring (bicyclic) bond motifs is 6. The standard InChI is InChI=1S/C41H26N2/c1-2-15-28(16-3-1)43-38-25-13-12-24-37(38)42-41(43)40-34-22-10-8-20-32(34)39(33-21-9-11-23-35(33)40)36-26-27-14-4-5-17-29(27)30-18-6-7-19-31(30)36/h1-26H/i8D,9D,10D,11D,20D,21D,22D,23D. The van der Waals surface area contributed by atoms with Crippen LogP contribution in [-0.2, 0) is 0 Å². The lowest BCUT2D eigenvalue weighted by molar-refractivity contribution is 1.11. The third kappa shape index (κ3) is 3.57. The third-order valence-electron chi connectivity index (χ3n) is 8.21. The molecule has 9 aromatic rings. The highest BCUT2D eigenvalue weighted by Gasteiger charge is 2.23. The number of hydrogen-bond acceptors (Lipinski definition) is 1. The maximum Gasteiger partial charge on any atom is 0.146 e. The molecule has 0 aliphatic carbocycles. The van der Waals surface area contributed by atoms with Crippen LogP contribution in [0.3, 0.4) is 0 Å². The summed E-state index contributed by atoms with van der Waals surface area (Å²) in [6.45, 7) is 0. The van der Waals surface area contributed by atoms with E-state index in [0.29, 0.717) is 22.5 Å². The van der Waals surface area contributed by atoms with Gasteiger partial charge in [0.2, 0.25) is 0 Å². The van der Waals surface area contributed by atoms with Crippen molar-refractivity contribution in [3.05, 3.63) is 158 Å². The molecule has 0 bridgehead atoms. The summed E-state index contributed by atoms with van der Waals surface area (Å²) in [5.74, 6) is 0.294. The van der Waals surface area contributed by atoms with Crippen molar-refractivity contribution in [2.75, 3.05) is 0 Å². The molecule has 8 aromatic carbocycles. The second kappa shape index (κ2) is 9.40. The van der Waals surface area contributed by atoms with Crippen LogP contribution in [0.5, 0.6) is 0 Å². The second-order valence-electron chi connectivity index (χ2n) is 10.5. The van der Waals surface area contributed by atoms with E-state index in [4.69, 9.17) is 10.5 Å². The van der Waals surface area contributed by atoms with Crippen molar-refractivity contribution in [1.82, 2.24) is 9.55 Å². The van der Waals surface area contributed by atoms with Gasteiger partial charge in [0.25, 0.3) is 0 Å². The van der Waals surface area contributed by atoms with Crippen LogP contribution in [0.15, 0.2) is 158 Å². The van der Waals surface area contributed by atoms with Gasteiger partial charge in [-0.1, -0.05) is 127 Å². The summed E-state index contributed by atoms with van der Waals surface area (Å²) in [7, 11) is 0. The number of benzene rings is 8. The van der Waals surface area contributed by atoms with Crippen LogP contribution in [0.1, 0.15) is 11.0 Å². The molecule has 0 spiro atoms. The van der Waals surface area contributed by atoms with Gasteiger partial charge in [-0.15, -0.1) is 0 Å². The number of rotatable bonds is 3. The van der Waals surface area contributed by atoms with Crippen LogP contribution < -0.4 is 0 Å². The molecule has 0 radical (unpaired) electrons. The zero-order chi connectivity index (χ0) is 35.3. The molecule has 43 heavy (non-hydrogen) atoms. The van der Waals surface area contributed by atoms with Crippen molar-refractivity contribution in [2.24, 2.45) is 0 Å². The van der Waals surface area contributed by atoms with Gasteiger partial charge in [0.15, 0.2) is 0 Å². The van der Waals surface area contributed by atoms with E-state index in [1.54, 1.807) is 0 Å². The van der Waals surface area contributed by atoms with Crippen LogP contribution in [0.2, 0.25) is 0 Å². The Bertz CT molecular complexity index is 2870. The first-order valence-corrected chi connectivity index (χ1v) is 14.1. The molecule has 0 N–H and O–H groups in total. The molecular formula is C41H26N2. The van der Waals surface area contributed by atoms with Crippen LogP contribution in [0.25, 0.3) is 82.3 Å². The molecule has 2 heteroatoms. The number of para-hydroxylation sites is 3. The van der Waals surface area contributed by atoms with Crippen molar-refractivity contribution < 1.29 is 11.0 Å². The SMILES string of the molecule is [2H]c1c([2H])c([2H])c2c(-c3nc4ccccc4n3-c3ccccc3)c3c([2H])c([2H])c([2H])c([2H])c3c(-c3cc4ccccc4c4ccccc34)c2c1[2H]. The average Bonchev–Trinajstić information content (AvgIpc) is 3.55. The molecule has 200 valence electrons. The van der Waals surface area contributed by atoms with Crippen LogP contribution in [0.4, 0.5) is 0 Å². The Morgan fingerprint density at radius 3 is 1.77 bits per heavy atom. The van der Waals surface area contributed by atoms with Gasteiger partial charge in [0.05, 0.1) is 22.0 Å². The smallest absolute Gasteiger partial charge is 0.146 e. The Kier molecular flexibility index (Phi) is 3.78. The molecule has 0 amide bonds. The summed E-state index contributed by atoms with van der Waals surface area (Å²) in [6, 6.07) is 31.5. The van der Waals surface area contributed by atoms with Gasteiger partial charge in [-0.05, 0) is 84.5 Å². The fraction of sp³-hybridized carbons (Fsp3) is 0. The Labute approximate surface area is 260 Å². The lowest BCUT2D eigenvalue weighted by atomic mass is 9.85. The molecule has 0 unspecified atom stereocenters. The highest BCUT2D eigenvalue weighted by atomic mass is 15.1. The maximum absolute atomic E-state index is 9.46. The van der Waals surface area contributed by atoms with E-state index >= 15 is 0 Å². The molecule has 0 atom stereocenters. The normalized spacial score (nSPS) is 14.3. The van der Waals surface area contributed by atoms with Crippen molar-refractivity contribution >= 4 is 54.1 Å². The van der Waals surface area contributed by atoms with Gasteiger partial charge in [-0.2, -0.15) is 0 Å². The van der Waals surface area contributed by atoms with Crippen molar-refractivity contribution in [3.63, 3.8) is 0 Å². The predicted octanol–water partition coefficient (Wildman–Crippen LogP) is 11.0. The number of hydrogen-bond donors (Lipinski definition) is 0. The van der Waals surface area contributed by atoms with Crippen LogP contribution in [-0.4, -0.2) is 9.55 Å². The van der Waals surface area contributed by atoms with Gasteiger partial charge in [0.1, 0.15) is 5.82 Å².